The van der Waals surface area contributed by atoms with Crippen LogP contribution in [0.15, 0.2) is 53.6 Å². The third-order valence-electron chi connectivity index (χ3n) is 3.74. The van der Waals surface area contributed by atoms with Crippen molar-refractivity contribution in [3.05, 3.63) is 64.8 Å². The van der Waals surface area contributed by atoms with E-state index in [2.05, 4.69) is 15.2 Å². The van der Waals surface area contributed by atoms with Crippen molar-refractivity contribution in [1.29, 1.82) is 0 Å². The quantitative estimate of drug-likeness (QED) is 0.589. The summed E-state index contributed by atoms with van der Waals surface area (Å²) >= 11 is 0. The van der Waals surface area contributed by atoms with E-state index in [0.29, 0.717) is 11.2 Å². The highest BCUT2D eigenvalue weighted by atomic mass is 16.3. The molecular formula is C16H12N4O2. The van der Waals surface area contributed by atoms with Crippen LogP contribution in [-0.2, 0) is 6.61 Å². The Kier molecular flexibility index (Phi) is 2.77. The number of hydrogen-bond donors (Lipinski definition) is 2. The number of rotatable bonds is 2. The van der Waals surface area contributed by atoms with Gasteiger partial charge in [0.1, 0.15) is 0 Å². The van der Waals surface area contributed by atoms with Crippen LogP contribution in [0.25, 0.3) is 27.7 Å². The maximum absolute atomic E-state index is 12.1. The molecule has 0 fully saturated rings. The van der Waals surface area contributed by atoms with Gasteiger partial charge in [0.15, 0.2) is 5.65 Å². The fourth-order valence-corrected chi connectivity index (χ4v) is 2.69. The number of aliphatic hydroxyl groups excluding tert-OH is 1. The summed E-state index contributed by atoms with van der Waals surface area (Å²) in [4.78, 5) is 16.1. The lowest BCUT2D eigenvalue weighted by Gasteiger charge is -2.07. The van der Waals surface area contributed by atoms with Crippen LogP contribution in [0.5, 0.6) is 0 Å². The average molecular weight is 292 g/mol. The van der Waals surface area contributed by atoms with Gasteiger partial charge in [-0.2, -0.15) is 5.10 Å². The van der Waals surface area contributed by atoms with Crippen molar-refractivity contribution in [2.24, 2.45) is 0 Å². The molecule has 0 saturated heterocycles. The number of benzene rings is 1. The maximum Gasteiger partial charge on any atom is 0.348 e. The summed E-state index contributed by atoms with van der Waals surface area (Å²) < 4.78 is 1.49. The Bertz CT molecular complexity index is 1030. The van der Waals surface area contributed by atoms with E-state index in [-0.39, 0.29) is 12.3 Å². The predicted molar refractivity (Wildman–Crippen MR) is 82.5 cm³/mol. The molecular weight excluding hydrogens is 280 g/mol. The van der Waals surface area contributed by atoms with E-state index in [4.69, 9.17) is 0 Å². The second-order valence-corrected chi connectivity index (χ2v) is 5.02. The second kappa shape index (κ2) is 4.78. The first-order valence-electron chi connectivity index (χ1n) is 6.82. The van der Waals surface area contributed by atoms with Gasteiger partial charge in [-0.05, 0) is 40.8 Å². The van der Waals surface area contributed by atoms with E-state index in [9.17, 15) is 9.90 Å². The number of fused-ring (bicyclic) bond motifs is 3. The van der Waals surface area contributed by atoms with Gasteiger partial charge in [-0.1, -0.05) is 12.1 Å². The lowest BCUT2D eigenvalue weighted by atomic mass is 10.0. The summed E-state index contributed by atoms with van der Waals surface area (Å²) in [7, 11) is 0. The van der Waals surface area contributed by atoms with Crippen LogP contribution in [0, 0.1) is 0 Å². The van der Waals surface area contributed by atoms with Crippen molar-refractivity contribution < 1.29 is 5.11 Å². The van der Waals surface area contributed by atoms with E-state index >= 15 is 0 Å². The molecule has 0 aliphatic rings. The molecule has 0 aliphatic heterocycles. The smallest absolute Gasteiger partial charge is 0.348 e. The van der Waals surface area contributed by atoms with E-state index < -0.39 is 0 Å². The van der Waals surface area contributed by atoms with Crippen LogP contribution in [0.2, 0.25) is 0 Å². The Morgan fingerprint density at radius 2 is 1.91 bits per heavy atom. The van der Waals surface area contributed by atoms with Gasteiger partial charge in [0.25, 0.3) is 0 Å². The number of aromatic amines is 1. The molecule has 6 nitrogen and oxygen atoms in total. The molecule has 1 aromatic carbocycles. The predicted octanol–water partition coefficient (Wildman–Crippen LogP) is 1.73. The van der Waals surface area contributed by atoms with E-state index in [0.717, 1.165) is 22.0 Å². The van der Waals surface area contributed by atoms with Crippen molar-refractivity contribution in [1.82, 2.24) is 19.6 Å². The fraction of sp³-hybridized carbons (Fsp3) is 0.0625. The van der Waals surface area contributed by atoms with Crippen molar-refractivity contribution in [3.63, 3.8) is 0 Å². The van der Waals surface area contributed by atoms with Crippen LogP contribution >= 0.6 is 0 Å². The molecule has 4 rings (SSSR count). The molecule has 0 radical (unpaired) electrons. The first kappa shape index (κ1) is 12.7. The summed E-state index contributed by atoms with van der Waals surface area (Å²) in [6, 6.07) is 11.5. The molecule has 0 aliphatic carbocycles. The topological polar surface area (TPSA) is 83.3 Å². The maximum atomic E-state index is 12.1. The lowest BCUT2D eigenvalue weighted by molar-refractivity contribution is 0.283. The molecule has 0 bridgehead atoms. The highest BCUT2D eigenvalue weighted by molar-refractivity contribution is 5.87. The minimum Gasteiger partial charge on any atom is -0.392 e. The minimum absolute atomic E-state index is 0.171. The van der Waals surface area contributed by atoms with E-state index in [1.54, 1.807) is 12.4 Å². The number of pyridine rings is 2. The Morgan fingerprint density at radius 3 is 2.68 bits per heavy atom. The summed E-state index contributed by atoms with van der Waals surface area (Å²) in [5, 5.41) is 16.8. The fourth-order valence-electron chi connectivity index (χ4n) is 2.69. The SMILES string of the molecule is O=c1[nH]nc2c(CO)cc3ccc(-c4ccncc4)cc3n12. The van der Waals surface area contributed by atoms with Gasteiger partial charge in [-0.25, -0.2) is 14.3 Å². The van der Waals surface area contributed by atoms with Gasteiger partial charge in [0.2, 0.25) is 0 Å². The summed E-state index contributed by atoms with van der Waals surface area (Å²) in [6.45, 7) is -0.171. The normalized spacial score (nSPS) is 11.3. The molecule has 3 heterocycles. The number of nitrogens with zero attached hydrogens (tertiary/aromatic N) is 3. The van der Waals surface area contributed by atoms with E-state index in [1.165, 1.54) is 4.40 Å². The molecule has 0 saturated carbocycles. The number of aliphatic hydroxyl groups is 1. The molecule has 0 amide bonds. The zero-order valence-electron chi connectivity index (χ0n) is 11.5. The van der Waals surface area contributed by atoms with E-state index in [1.807, 2.05) is 36.4 Å². The minimum atomic E-state index is -0.317. The molecule has 6 heteroatoms. The van der Waals surface area contributed by atoms with Gasteiger partial charge in [0, 0.05) is 18.0 Å². The first-order valence-corrected chi connectivity index (χ1v) is 6.82. The highest BCUT2D eigenvalue weighted by Crippen LogP contribution is 2.25. The number of H-pyrrole nitrogens is 1. The zero-order chi connectivity index (χ0) is 15.1. The Labute approximate surface area is 124 Å². The van der Waals surface area contributed by atoms with Crippen molar-refractivity contribution in [2.75, 3.05) is 0 Å². The van der Waals surface area contributed by atoms with Gasteiger partial charge in [0.05, 0.1) is 12.1 Å². The third kappa shape index (κ3) is 1.82. The standard InChI is InChI=1S/C16H12N4O2/c21-9-13-7-12-2-1-11(10-3-5-17-6-4-10)8-14(12)20-15(13)18-19-16(20)22/h1-8,21H,9H2,(H,19,22). The summed E-state index contributed by atoms with van der Waals surface area (Å²) in [6.07, 6.45) is 3.46. The van der Waals surface area contributed by atoms with Crippen molar-refractivity contribution in [3.8, 4) is 11.1 Å². The molecule has 2 N–H and O–H groups in total. The number of nitrogens with one attached hydrogen (secondary N) is 1. The lowest BCUT2D eigenvalue weighted by Crippen LogP contribution is -2.10. The molecule has 22 heavy (non-hydrogen) atoms. The molecule has 3 aromatic heterocycles. The second-order valence-electron chi connectivity index (χ2n) is 5.02. The van der Waals surface area contributed by atoms with Gasteiger partial charge >= 0.3 is 5.69 Å². The van der Waals surface area contributed by atoms with Crippen LogP contribution < -0.4 is 5.69 Å². The van der Waals surface area contributed by atoms with Crippen LogP contribution in [-0.4, -0.2) is 24.7 Å². The average Bonchev–Trinajstić information content (AvgIpc) is 2.97. The van der Waals surface area contributed by atoms with Crippen LogP contribution in [0.1, 0.15) is 5.56 Å². The highest BCUT2D eigenvalue weighted by Gasteiger charge is 2.11. The molecule has 108 valence electrons. The summed E-state index contributed by atoms with van der Waals surface area (Å²) in [5.74, 6) is 0. The molecule has 0 unspecified atom stereocenters. The van der Waals surface area contributed by atoms with Crippen molar-refractivity contribution in [2.45, 2.75) is 6.61 Å². The van der Waals surface area contributed by atoms with Crippen LogP contribution in [0.4, 0.5) is 0 Å². The van der Waals surface area contributed by atoms with Gasteiger partial charge < -0.3 is 5.11 Å². The molecule has 0 atom stereocenters. The third-order valence-corrected chi connectivity index (χ3v) is 3.74. The van der Waals surface area contributed by atoms with Gasteiger partial charge in [-0.3, -0.25) is 4.98 Å². The van der Waals surface area contributed by atoms with Gasteiger partial charge in [-0.15, -0.1) is 0 Å². The Hall–Kier alpha value is -2.99. The number of hydrogen-bond acceptors (Lipinski definition) is 4. The number of aromatic nitrogens is 4. The first-order chi connectivity index (χ1) is 10.8. The molecule has 4 aromatic rings. The van der Waals surface area contributed by atoms with Crippen LogP contribution in [0.3, 0.4) is 0 Å². The zero-order valence-corrected chi connectivity index (χ0v) is 11.5. The molecule has 0 spiro atoms. The largest absolute Gasteiger partial charge is 0.392 e. The summed E-state index contributed by atoms with van der Waals surface area (Å²) in [5.41, 5.74) is 3.51. The van der Waals surface area contributed by atoms with Crippen molar-refractivity contribution >= 4 is 16.6 Å². The Balaban J connectivity index is 2.10. The Morgan fingerprint density at radius 1 is 1.09 bits per heavy atom. The monoisotopic (exact) mass is 292 g/mol.